The second-order valence-corrected chi connectivity index (χ2v) is 13.6. The van der Waals surface area contributed by atoms with E-state index in [9.17, 15) is 8.42 Å². The number of aromatic nitrogens is 2. The van der Waals surface area contributed by atoms with Gasteiger partial charge in [0.15, 0.2) is 5.82 Å². The van der Waals surface area contributed by atoms with E-state index in [1.54, 1.807) is 31.4 Å². The van der Waals surface area contributed by atoms with Crippen LogP contribution in [0.3, 0.4) is 0 Å². The molecule has 14 heteroatoms. The summed E-state index contributed by atoms with van der Waals surface area (Å²) in [6.45, 7) is 8.14. The molecule has 0 bridgehead atoms. The first-order valence-corrected chi connectivity index (χ1v) is 17.1. The van der Waals surface area contributed by atoms with Crippen molar-refractivity contribution in [3.05, 3.63) is 53.7 Å². The van der Waals surface area contributed by atoms with E-state index in [0.29, 0.717) is 40.6 Å². The van der Waals surface area contributed by atoms with Gasteiger partial charge in [0, 0.05) is 77.2 Å². The van der Waals surface area contributed by atoms with Crippen LogP contribution in [0.1, 0.15) is 12.8 Å². The minimum absolute atomic E-state index is 0.288. The van der Waals surface area contributed by atoms with Crippen LogP contribution in [-0.4, -0.2) is 107 Å². The smallest absolute Gasteiger partial charge is 0.232 e. The molecule has 0 amide bonds. The average Bonchev–Trinajstić information content (AvgIpc) is 3.03. The maximum atomic E-state index is 12.2. The van der Waals surface area contributed by atoms with Gasteiger partial charge in [-0.25, -0.2) is 13.4 Å². The summed E-state index contributed by atoms with van der Waals surface area (Å²) in [4.78, 5) is 16.4. The Hall–Kier alpha value is -3.36. The molecule has 3 aromatic rings. The highest BCUT2D eigenvalue weighted by molar-refractivity contribution is 7.92. The Morgan fingerprint density at radius 3 is 2.45 bits per heavy atom. The molecule has 5 rings (SSSR count). The van der Waals surface area contributed by atoms with Crippen LogP contribution in [0.4, 0.5) is 34.5 Å². The van der Waals surface area contributed by atoms with E-state index in [0.717, 1.165) is 77.1 Å². The largest absolute Gasteiger partial charge is 0.494 e. The van der Waals surface area contributed by atoms with Crippen molar-refractivity contribution in [3.63, 3.8) is 0 Å². The molecule has 2 aromatic carbocycles. The van der Waals surface area contributed by atoms with Gasteiger partial charge in [0.2, 0.25) is 16.0 Å². The van der Waals surface area contributed by atoms with Crippen molar-refractivity contribution < 1.29 is 13.2 Å². The van der Waals surface area contributed by atoms with Crippen LogP contribution in [0.5, 0.6) is 5.75 Å². The molecule has 2 fully saturated rings. The molecule has 1 aromatic heterocycles. The fourth-order valence-electron chi connectivity index (χ4n) is 5.80. The number of para-hydroxylation sites is 2. The Bertz CT molecular complexity index is 1530. The van der Waals surface area contributed by atoms with E-state index in [4.69, 9.17) is 22.1 Å². The molecule has 4 N–H and O–H groups in total. The quantitative estimate of drug-likeness (QED) is 0.283. The number of benzene rings is 2. The molecule has 0 radical (unpaired) electrons. The summed E-state index contributed by atoms with van der Waals surface area (Å²) >= 11 is 6.43. The lowest BCUT2D eigenvalue weighted by atomic mass is 10.0. The topological polar surface area (TPSA) is 132 Å². The summed E-state index contributed by atoms with van der Waals surface area (Å²) in [6, 6.07) is 13.8. The zero-order valence-electron chi connectivity index (χ0n) is 25.5. The predicted molar refractivity (Wildman–Crippen MR) is 179 cm³/mol. The second-order valence-electron chi connectivity index (χ2n) is 11.2. The molecule has 0 saturated carbocycles. The number of nitrogens with zero attached hydrogens (tertiary/aromatic N) is 6. The van der Waals surface area contributed by atoms with Crippen molar-refractivity contribution in [1.29, 1.82) is 0 Å². The zero-order valence-corrected chi connectivity index (χ0v) is 27.1. The van der Waals surface area contributed by atoms with E-state index in [-0.39, 0.29) is 5.02 Å². The molecular formula is C30H42ClN9O3S. The van der Waals surface area contributed by atoms with E-state index in [2.05, 4.69) is 41.4 Å². The van der Waals surface area contributed by atoms with Crippen molar-refractivity contribution in [3.8, 4) is 5.75 Å². The SMILES string of the molecule is COc1cc(N2CCC(N3CCN(CCN)CC3)CC2)ccc1Nc1ncc(Cl)c(Nc2ccccc2N(C)S(C)(=O)=O)n1. The van der Waals surface area contributed by atoms with E-state index >= 15 is 0 Å². The van der Waals surface area contributed by atoms with Crippen molar-refractivity contribution in [1.82, 2.24) is 19.8 Å². The summed E-state index contributed by atoms with van der Waals surface area (Å²) in [5.41, 5.74) is 8.56. The molecule has 2 aliphatic rings. The Balaban J connectivity index is 1.24. The second kappa shape index (κ2) is 14.2. The lowest BCUT2D eigenvalue weighted by Gasteiger charge is -2.43. The third-order valence-electron chi connectivity index (χ3n) is 8.37. The summed E-state index contributed by atoms with van der Waals surface area (Å²) in [5.74, 6) is 1.32. The van der Waals surface area contributed by atoms with Crippen LogP contribution in [0.25, 0.3) is 0 Å². The number of piperidine rings is 1. The first-order valence-electron chi connectivity index (χ1n) is 14.8. The zero-order chi connectivity index (χ0) is 31.3. The minimum atomic E-state index is -3.47. The van der Waals surface area contributed by atoms with E-state index < -0.39 is 10.0 Å². The van der Waals surface area contributed by atoms with Gasteiger partial charge in [0.1, 0.15) is 10.8 Å². The minimum Gasteiger partial charge on any atom is -0.494 e. The van der Waals surface area contributed by atoms with Gasteiger partial charge < -0.3 is 26.0 Å². The first-order chi connectivity index (χ1) is 21.2. The molecule has 0 spiro atoms. The van der Waals surface area contributed by atoms with Crippen molar-refractivity contribution in [2.75, 3.05) is 92.6 Å². The third-order valence-corrected chi connectivity index (χ3v) is 9.84. The number of ether oxygens (including phenoxy) is 1. The molecule has 0 aliphatic carbocycles. The fourth-order valence-corrected chi connectivity index (χ4v) is 6.45. The molecule has 3 heterocycles. The number of nitrogens with two attached hydrogens (primary N) is 1. The Morgan fingerprint density at radius 2 is 1.77 bits per heavy atom. The number of rotatable bonds is 11. The van der Waals surface area contributed by atoms with Gasteiger partial charge in [-0.3, -0.25) is 14.1 Å². The Kier molecular flexibility index (Phi) is 10.3. The van der Waals surface area contributed by atoms with Gasteiger partial charge in [-0.15, -0.1) is 0 Å². The summed E-state index contributed by atoms with van der Waals surface area (Å²) in [6.07, 6.45) is 4.91. The molecule has 2 aliphatic heterocycles. The van der Waals surface area contributed by atoms with Crippen molar-refractivity contribution in [2.45, 2.75) is 18.9 Å². The highest BCUT2D eigenvalue weighted by Crippen LogP contribution is 2.35. The molecular weight excluding hydrogens is 602 g/mol. The van der Waals surface area contributed by atoms with Crippen LogP contribution >= 0.6 is 11.6 Å². The first kappa shape index (κ1) is 32.0. The normalized spacial score (nSPS) is 17.0. The summed E-state index contributed by atoms with van der Waals surface area (Å²) in [5, 5.41) is 6.69. The van der Waals surface area contributed by atoms with Crippen LogP contribution < -0.4 is 30.3 Å². The maximum Gasteiger partial charge on any atom is 0.232 e. The monoisotopic (exact) mass is 643 g/mol. The molecule has 0 unspecified atom stereocenters. The molecule has 2 saturated heterocycles. The Labute approximate surface area is 265 Å². The average molecular weight is 644 g/mol. The number of piperazine rings is 1. The van der Waals surface area contributed by atoms with Crippen LogP contribution in [0, 0.1) is 0 Å². The fraction of sp³-hybridized carbons (Fsp3) is 0.467. The van der Waals surface area contributed by atoms with E-state index in [1.807, 2.05) is 12.1 Å². The molecule has 238 valence electrons. The Morgan fingerprint density at radius 1 is 1.05 bits per heavy atom. The summed E-state index contributed by atoms with van der Waals surface area (Å²) in [7, 11) is -0.331. The van der Waals surface area contributed by atoms with Crippen LogP contribution in [0.15, 0.2) is 48.7 Å². The van der Waals surface area contributed by atoms with E-state index in [1.165, 1.54) is 17.5 Å². The van der Waals surface area contributed by atoms with Gasteiger partial charge in [0.05, 0.1) is 36.6 Å². The maximum absolute atomic E-state index is 12.2. The number of hydrogen-bond acceptors (Lipinski definition) is 11. The van der Waals surface area contributed by atoms with Gasteiger partial charge in [-0.2, -0.15) is 4.98 Å². The lowest BCUT2D eigenvalue weighted by Crippen LogP contribution is -2.53. The van der Waals surface area contributed by atoms with Gasteiger partial charge in [-0.1, -0.05) is 23.7 Å². The molecule has 12 nitrogen and oxygen atoms in total. The number of hydrogen-bond donors (Lipinski definition) is 3. The molecule has 0 atom stereocenters. The number of halogens is 1. The van der Waals surface area contributed by atoms with Crippen LogP contribution in [0.2, 0.25) is 5.02 Å². The molecule has 44 heavy (non-hydrogen) atoms. The van der Waals surface area contributed by atoms with Gasteiger partial charge in [-0.05, 0) is 37.1 Å². The number of methoxy groups -OCH3 is 1. The van der Waals surface area contributed by atoms with Gasteiger partial charge in [0.25, 0.3) is 0 Å². The highest BCUT2D eigenvalue weighted by atomic mass is 35.5. The standard InChI is InChI=1S/C30H42ClN9O3S/c1-37(44(3,41)42)27-7-5-4-6-25(27)34-29-24(31)21-33-30(36-29)35-26-9-8-23(20-28(26)43-2)39-13-10-22(11-14-39)40-18-16-38(15-12-32)17-19-40/h4-9,20-22H,10-19,32H2,1-3H3,(H2,33,34,35,36). The lowest BCUT2D eigenvalue weighted by molar-refractivity contribution is 0.0866. The number of nitrogens with one attached hydrogen (secondary N) is 2. The van der Waals surface area contributed by atoms with Crippen molar-refractivity contribution in [2.24, 2.45) is 5.73 Å². The highest BCUT2D eigenvalue weighted by Gasteiger charge is 2.28. The predicted octanol–water partition coefficient (Wildman–Crippen LogP) is 3.57. The third kappa shape index (κ3) is 7.64. The summed E-state index contributed by atoms with van der Waals surface area (Å²) < 4.78 is 31.3. The van der Waals surface area contributed by atoms with Crippen molar-refractivity contribution >= 4 is 56.1 Å². The number of sulfonamides is 1. The van der Waals surface area contributed by atoms with Gasteiger partial charge >= 0.3 is 0 Å². The number of anilines is 6. The van der Waals surface area contributed by atoms with Crippen LogP contribution in [-0.2, 0) is 10.0 Å².